The van der Waals surface area contributed by atoms with E-state index in [0.29, 0.717) is 22.5 Å². The van der Waals surface area contributed by atoms with Crippen LogP contribution in [0.25, 0.3) is 11.2 Å². The standard InChI is InChI=1S/C16H15N5O4/c1-2-25-16(24)21-15-19-12-7-9(8-17-13(12)20-15)18-11-6-4-3-5-10(11)14(22)23/h3-8,18H,2H2,1H3,(H,22,23)(H2,17,19,20,21,24). The number of aromatic nitrogens is 3. The summed E-state index contributed by atoms with van der Waals surface area (Å²) < 4.78 is 4.78. The maximum atomic E-state index is 11.4. The number of nitrogens with one attached hydrogen (secondary N) is 3. The molecule has 2 aromatic heterocycles. The number of fused-ring (bicyclic) bond motifs is 1. The number of aromatic amines is 1. The van der Waals surface area contributed by atoms with Crippen molar-refractivity contribution < 1.29 is 19.4 Å². The van der Waals surface area contributed by atoms with Gasteiger partial charge in [0.2, 0.25) is 5.95 Å². The van der Waals surface area contributed by atoms with Crippen molar-refractivity contribution in [2.75, 3.05) is 17.2 Å². The Morgan fingerprint density at radius 3 is 2.88 bits per heavy atom. The van der Waals surface area contributed by atoms with Gasteiger partial charge in [-0.3, -0.25) is 5.32 Å². The number of pyridine rings is 1. The van der Waals surface area contributed by atoms with Gasteiger partial charge in [-0.15, -0.1) is 0 Å². The summed E-state index contributed by atoms with van der Waals surface area (Å²) in [6.07, 6.45) is 0.920. The Hall–Kier alpha value is -3.62. The minimum Gasteiger partial charge on any atom is -0.478 e. The Morgan fingerprint density at radius 2 is 2.12 bits per heavy atom. The van der Waals surface area contributed by atoms with Crippen LogP contribution in [0.4, 0.5) is 22.1 Å². The smallest absolute Gasteiger partial charge is 0.413 e. The molecule has 0 radical (unpaired) electrons. The van der Waals surface area contributed by atoms with Gasteiger partial charge in [0.15, 0.2) is 5.65 Å². The van der Waals surface area contributed by atoms with E-state index in [-0.39, 0.29) is 18.1 Å². The highest BCUT2D eigenvalue weighted by atomic mass is 16.5. The fourth-order valence-electron chi connectivity index (χ4n) is 2.22. The lowest BCUT2D eigenvalue weighted by atomic mass is 10.2. The molecular weight excluding hydrogens is 326 g/mol. The van der Waals surface area contributed by atoms with E-state index in [4.69, 9.17) is 4.74 Å². The van der Waals surface area contributed by atoms with Crippen LogP contribution in [0.5, 0.6) is 0 Å². The SMILES string of the molecule is CCOC(=O)Nc1nc2cc(Nc3ccccc3C(=O)O)cnc2[nH]1. The van der Waals surface area contributed by atoms with Gasteiger partial charge in [0.1, 0.15) is 5.52 Å². The second kappa shape index (κ2) is 6.87. The van der Waals surface area contributed by atoms with Crippen molar-refractivity contribution in [1.29, 1.82) is 0 Å². The molecule has 4 N–H and O–H groups in total. The van der Waals surface area contributed by atoms with E-state index < -0.39 is 12.1 Å². The van der Waals surface area contributed by atoms with Crippen LogP contribution in [0.15, 0.2) is 36.5 Å². The Labute approximate surface area is 142 Å². The Bertz CT molecular complexity index is 937. The summed E-state index contributed by atoms with van der Waals surface area (Å²) >= 11 is 0. The molecule has 0 aliphatic carbocycles. The second-order valence-electron chi connectivity index (χ2n) is 5.00. The number of para-hydroxylation sites is 1. The first kappa shape index (κ1) is 16.2. The lowest BCUT2D eigenvalue weighted by molar-refractivity contribution is 0.0698. The Balaban J connectivity index is 1.84. The topological polar surface area (TPSA) is 129 Å². The zero-order valence-electron chi connectivity index (χ0n) is 13.2. The molecule has 0 atom stereocenters. The normalized spacial score (nSPS) is 10.4. The average Bonchev–Trinajstić information content (AvgIpc) is 2.96. The van der Waals surface area contributed by atoms with Gasteiger partial charge >= 0.3 is 12.1 Å². The van der Waals surface area contributed by atoms with Gasteiger partial charge in [-0.1, -0.05) is 12.1 Å². The number of amides is 1. The molecule has 0 aliphatic rings. The maximum Gasteiger partial charge on any atom is 0.413 e. The molecule has 0 aliphatic heterocycles. The number of carbonyl (C=O) groups is 2. The number of nitrogens with zero attached hydrogens (tertiary/aromatic N) is 2. The third kappa shape index (κ3) is 3.66. The van der Waals surface area contributed by atoms with Crippen LogP contribution in [0.1, 0.15) is 17.3 Å². The van der Waals surface area contributed by atoms with Crippen LogP contribution < -0.4 is 10.6 Å². The van der Waals surface area contributed by atoms with E-state index in [1.165, 1.54) is 12.3 Å². The van der Waals surface area contributed by atoms with E-state index in [1.807, 2.05) is 0 Å². The first-order chi connectivity index (χ1) is 12.1. The highest BCUT2D eigenvalue weighted by Gasteiger charge is 2.11. The number of benzene rings is 1. The van der Waals surface area contributed by atoms with Crippen LogP contribution in [-0.4, -0.2) is 38.7 Å². The molecule has 0 spiro atoms. The molecule has 0 bridgehead atoms. The van der Waals surface area contributed by atoms with Gasteiger partial charge in [0.05, 0.1) is 29.7 Å². The number of carboxylic acid groups (broad SMARTS) is 1. The maximum absolute atomic E-state index is 11.4. The van der Waals surface area contributed by atoms with Gasteiger partial charge in [-0.05, 0) is 25.1 Å². The monoisotopic (exact) mass is 341 g/mol. The molecule has 25 heavy (non-hydrogen) atoms. The molecule has 2 heterocycles. The Kier molecular flexibility index (Phi) is 4.46. The van der Waals surface area contributed by atoms with Crippen molar-refractivity contribution in [3.05, 3.63) is 42.1 Å². The lowest BCUT2D eigenvalue weighted by Crippen LogP contribution is -2.14. The number of imidazole rings is 1. The number of hydrogen-bond acceptors (Lipinski definition) is 6. The number of carbonyl (C=O) groups excluding carboxylic acids is 1. The minimum atomic E-state index is -1.03. The number of carboxylic acids is 1. The van der Waals surface area contributed by atoms with E-state index in [0.717, 1.165) is 0 Å². The fourth-order valence-corrected chi connectivity index (χ4v) is 2.22. The number of H-pyrrole nitrogens is 1. The number of ether oxygens (including phenoxy) is 1. The minimum absolute atomic E-state index is 0.147. The first-order valence-corrected chi connectivity index (χ1v) is 7.45. The third-order valence-corrected chi connectivity index (χ3v) is 3.27. The van der Waals surface area contributed by atoms with E-state index in [2.05, 4.69) is 25.6 Å². The largest absolute Gasteiger partial charge is 0.478 e. The van der Waals surface area contributed by atoms with Crippen molar-refractivity contribution >= 4 is 40.5 Å². The average molecular weight is 341 g/mol. The van der Waals surface area contributed by atoms with Gasteiger partial charge in [0, 0.05) is 0 Å². The van der Waals surface area contributed by atoms with Gasteiger partial charge in [0.25, 0.3) is 0 Å². The van der Waals surface area contributed by atoms with E-state index in [1.54, 1.807) is 31.2 Å². The molecule has 9 nitrogen and oxygen atoms in total. The second-order valence-corrected chi connectivity index (χ2v) is 5.00. The van der Waals surface area contributed by atoms with E-state index in [9.17, 15) is 14.7 Å². The van der Waals surface area contributed by atoms with Gasteiger partial charge < -0.3 is 20.1 Å². The predicted molar refractivity (Wildman–Crippen MR) is 91.2 cm³/mol. The van der Waals surface area contributed by atoms with Crippen LogP contribution in [0.3, 0.4) is 0 Å². The molecule has 0 unspecified atom stereocenters. The van der Waals surface area contributed by atoms with Crippen molar-refractivity contribution in [3.63, 3.8) is 0 Å². The third-order valence-electron chi connectivity index (χ3n) is 3.27. The quantitative estimate of drug-likeness (QED) is 0.561. The molecule has 1 aromatic carbocycles. The molecule has 0 saturated carbocycles. The van der Waals surface area contributed by atoms with Gasteiger partial charge in [-0.25, -0.2) is 19.6 Å². The van der Waals surface area contributed by atoms with Crippen LogP contribution in [-0.2, 0) is 4.74 Å². The zero-order valence-corrected chi connectivity index (χ0v) is 13.2. The van der Waals surface area contributed by atoms with Crippen molar-refractivity contribution in [2.24, 2.45) is 0 Å². The molecular formula is C16H15N5O4. The molecule has 0 fully saturated rings. The van der Waals surface area contributed by atoms with Crippen LogP contribution in [0, 0.1) is 0 Å². The summed E-state index contributed by atoms with van der Waals surface area (Å²) in [5, 5.41) is 14.7. The van der Waals surface area contributed by atoms with E-state index >= 15 is 0 Å². The van der Waals surface area contributed by atoms with Crippen molar-refractivity contribution in [2.45, 2.75) is 6.92 Å². The molecule has 3 aromatic rings. The number of anilines is 3. The molecule has 3 rings (SSSR count). The highest BCUT2D eigenvalue weighted by Crippen LogP contribution is 2.23. The molecule has 128 valence electrons. The summed E-state index contributed by atoms with van der Waals surface area (Å²) in [6.45, 7) is 1.95. The highest BCUT2D eigenvalue weighted by molar-refractivity contribution is 5.95. The van der Waals surface area contributed by atoms with Crippen LogP contribution in [0.2, 0.25) is 0 Å². The van der Waals surface area contributed by atoms with Gasteiger partial charge in [-0.2, -0.15) is 0 Å². The number of aromatic carboxylic acids is 1. The van der Waals surface area contributed by atoms with Crippen molar-refractivity contribution in [3.8, 4) is 0 Å². The number of rotatable bonds is 5. The van der Waals surface area contributed by atoms with Crippen molar-refractivity contribution in [1.82, 2.24) is 15.0 Å². The summed E-state index contributed by atoms with van der Waals surface area (Å²) in [7, 11) is 0. The summed E-state index contributed by atoms with van der Waals surface area (Å²) in [4.78, 5) is 33.9. The summed E-state index contributed by atoms with van der Waals surface area (Å²) in [5.41, 5.74) is 2.13. The predicted octanol–water partition coefficient (Wildman–Crippen LogP) is 2.97. The molecule has 1 amide bonds. The zero-order chi connectivity index (χ0) is 17.8. The first-order valence-electron chi connectivity index (χ1n) is 7.45. The molecule has 0 saturated heterocycles. The molecule has 9 heteroatoms. The summed E-state index contributed by atoms with van der Waals surface area (Å²) in [6, 6.07) is 8.24. The fraction of sp³-hybridized carbons (Fsp3) is 0.125. The van der Waals surface area contributed by atoms with Crippen LogP contribution >= 0.6 is 0 Å². The summed E-state index contributed by atoms with van der Waals surface area (Å²) in [5.74, 6) is -0.818. The Morgan fingerprint density at radius 1 is 1.32 bits per heavy atom. The number of hydrogen-bond donors (Lipinski definition) is 4. The lowest BCUT2D eigenvalue weighted by Gasteiger charge is -2.08.